The maximum atomic E-state index is 12.1. The Morgan fingerprint density at radius 3 is 2.41 bits per heavy atom. The molecule has 1 aliphatic rings. The average molecular weight is 347 g/mol. The van der Waals surface area contributed by atoms with Crippen LogP contribution >= 0.6 is 0 Å². The number of rotatable bonds is 3. The minimum atomic E-state index is 0. The van der Waals surface area contributed by atoms with Gasteiger partial charge in [-0.15, -0.1) is 0 Å². The Hall–Kier alpha value is -0.460. The van der Waals surface area contributed by atoms with Gasteiger partial charge in [-0.3, -0.25) is 4.79 Å². The summed E-state index contributed by atoms with van der Waals surface area (Å²) in [6.07, 6.45) is 0. The molecule has 0 aromatic heterocycles. The summed E-state index contributed by atoms with van der Waals surface area (Å²) in [5, 5.41) is 0. The van der Waals surface area contributed by atoms with Crippen LogP contribution in [0.3, 0.4) is 0 Å². The second-order valence-electron chi connectivity index (χ2n) is 4.63. The fourth-order valence-corrected chi connectivity index (χ4v) is 2.00. The van der Waals surface area contributed by atoms with Crippen molar-refractivity contribution in [3.63, 3.8) is 0 Å². The van der Waals surface area contributed by atoms with Crippen LogP contribution in [0.2, 0.25) is 0 Å². The molecule has 1 fully saturated rings. The van der Waals surface area contributed by atoms with E-state index in [1.54, 1.807) is 0 Å². The third kappa shape index (κ3) is 4.04. The molecule has 0 radical (unpaired) electrons. The average Bonchev–Trinajstić information content (AvgIpc) is 2.30. The minimum Gasteiger partial charge on any atom is -1.00 e. The van der Waals surface area contributed by atoms with Crippen molar-refractivity contribution in [1.82, 2.24) is 0 Å². The topological polar surface area (TPSA) is 26.3 Å². The lowest BCUT2D eigenvalue weighted by atomic mass is 10.1. The predicted octanol–water partition coefficient (Wildman–Crippen LogP) is -1.65. The first-order chi connectivity index (χ1) is 7.70. The lowest BCUT2D eigenvalue weighted by molar-refractivity contribution is -0.908. The number of quaternary nitrogens is 1. The Morgan fingerprint density at radius 2 is 1.82 bits per heavy atom. The Balaban J connectivity index is 0.00000144. The Morgan fingerprint density at radius 1 is 1.24 bits per heavy atom. The van der Waals surface area contributed by atoms with Crippen molar-refractivity contribution in [2.45, 2.75) is 0 Å². The van der Waals surface area contributed by atoms with E-state index < -0.39 is 0 Å². The first kappa shape index (κ1) is 14.6. The van der Waals surface area contributed by atoms with Crippen molar-refractivity contribution < 1.29 is 38.0 Å². The van der Waals surface area contributed by atoms with E-state index in [2.05, 4.69) is 7.05 Å². The summed E-state index contributed by atoms with van der Waals surface area (Å²) < 4.78 is 6.12. The van der Waals surface area contributed by atoms with Crippen LogP contribution < -0.4 is 24.0 Å². The van der Waals surface area contributed by atoms with E-state index in [4.69, 9.17) is 4.74 Å². The zero-order chi connectivity index (χ0) is 11.4. The molecule has 1 saturated heterocycles. The van der Waals surface area contributed by atoms with Crippen LogP contribution in [0.25, 0.3) is 0 Å². The number of halogens is 1. The van der Waals surface area contributed by atoms with Gasteiger partial charge in [0.15, 0.2) is 0 Å². The van der Waals surface area contributed by atoms with Gasteiger partial charge in [-0.1, -0.05) is 30.3 Å². The number of ketones is 1. The number of benzene rings is 1. The molecule has 0 saturated carbocycles. The highest BCUT2D eigenvalue weighted by Crippen LogP contribution is 2.10. The number of carbonyl (C=O) groups is 1. The Labute approximate surface area is 119 Å². The summed E-state index contributed by atoms with van der Waals surface area (Å²) in [5.41, 5.74) is 0.813. The van der Waals surface area contributed by atoms with Gasteiger partial charge in [0.2, 0.25) is 5.78 Å². The summed E-state index contributed by atoms with van der Waals surface area (Å²) in [5.74, 6) is 0.227. The molecule has 0 unspecified atom stereocenters. The SMILES string of the molecule is C[N+]1(CC(=O)c2ccccc2)CCOCC1.[I-]. The lowest BCUT2D eigenvalue weighted by Crippen LogP contribution is -3.00. The van der Waals surface area contributed by atoms with E-state index in [-0.39, 0.29) is 29.8 Å². The molecular weight excluding hydrogens is 329 g/mol. The Bertz CT molecular complexity index is 361. The summed E-state index contributed by atoms with van der Waals surface area (Å²) in [6.45, 7) is 3.96. The van der Waals surface area contributed by atoms with Crippen molar-refractivity contribution in [1.29, 1.82) is 0 Å². The zero-order valence-electron chi connectivity index (χ0n) is 10.1. The number of likely N-dealkylation sites (N-methyl/N-ethyl adjacent to an activating group) is 1. The quantitative estimate of drug-likeness (QED) is 0.372. The maximum Gasteiger partial charge on any atom is 0.216 e. The molecule has 1 heterocycles. The van der Waals surface area contributed by atoms with E-state index in [9.17, 15) is 4.79 Å². The summed E-state index contributed by atoms with van der Waals surface area (Å²) >= 11 is 0. The normalized spacial score (nSPS) is 18.2. The van der Waals surface area contributed by atoms with Gasteiger partial charge in [-0.05, 0) is 0 Å². The van der Waals surface area contributed by atoms with Crippen molar-refractivity contribution in [2.75, 3.05) is 39.9 Å². The van der Waals surface area contributed by atoms with Crippen LogP contribution in [-0.2, 0) is 4.74 Å². The number of Topliss-reactive ketones (excluding diaryl/α,β-unsaturated/α-hetero) is 1. The molecule has 0 amide bonds. The fraction of sp³-hybridized carbons (Fsp3) is 0.462. The molecular formula is C13H18INO2. The first-order valence-corrected chi connectivity index (χ1v) is 5.69. The van der Waals surface area contributed by atoms with Crippen LogP contribution in [0.1, 0.15) is 10.4 Å². The zero-order valence-corrected chi connectivity index (χ0v) is 12.2. The molecule has 4 heteroatoms. The monoisotopic (exact) mass is 347 g/mol. The number of morpholine rings is 1. The second-order valence-corrected chi connectivity index (χ2v) is 4.63. The van der Waals surface area contributed by atoms with Crippen LogP contribution in [0.5, 0.6) is 0 Å². The highest BCUT2D eigenvalue weighted by Gasteiger charge is 2.28. The van der Waals surface area contributed by atoms with E-state index in [1.807, 2.05) is 30.3 Å². The molecule has 2 rings (SSSR count). The van der Waals surface area contributed by atoms with Crippen LogP contribution in [-0.4, -0.2) is 50.2 Å². The third-order valence-electron chi connectivity index (χ3n) is 3.17. The molecule has 0 N–H and O–H groups in total. The van der Waals surface area contributed by atoms with Crippen molar-refractivity contribution >= 4 is 5.78 Å². The summed E-state index contributed by atoms with van der Waals surface area (Å²) in [7, 11) is 2.13. The molecule has 1 aliphatic heterocycles. The number of carbonyl (C=O) groups excluding carboxylic acids is 1. The minimum absolute atomic E-state index is 0. The number of nitrogens with zero attached hydrogens (tertiary/aromatic N) is 1. The van der Waals surface area contributed by atoms with Crippen molar-refractivity contribution in [3.8, 4) is 0 Å². The first-order valence-electron chi connectivity index (χ1n) is 5.69. The van der Waals surface area contributed by atoms with Gasteiger partial charge in [0.1, 0.15) is 19.6 Å². The van der Waals surface area contributed by atoms with Gasteiger partial charge in [0.05, 0.1) is 20.3 Å². The van der Waals surface area contributed by atoms with Gasteiger partial charge >= 0.3 is 0 Å². The Kier molecular flexibility index (Phi) is 5.55. The highest BCUT2D eigenvalue weighted by molar-refractivity contribution is 5.96. The predicted molar refractivity (Wildman–Crippen MR) is 62.4 cm³/mol. The van der Waals surface area contributed by atoms with Crippen LogP contribution in [0, 0.1) is 0 Å². The van der Waals surface area contributed by atoms with E-state index >= 15 is 0 Å². The molecule has 3 nitrogen and oxygen atoms in total. The van der Waals surface area contributed by atoms with E-state index in [1.165, 1.54) is 0 Å². The third-order valence-corrected chi connectivity index (χ3v) is 3.17. The molecule has 17 heavy (non-hydrogen) atoms. The maximum absolute atomic E-state index is 12.1. The number of hydrogen-bond donors (Lipinski definition) is 0. The fourth-order valence-electron chi connectivity index (χ4n) is 2.00. The van der Waals surface area contributed by atoms with Gasteiger partial charge in [0.25, 0.3) is 0 Å². The smallest absolute Gasteiger partial charge is 0.216 e. The molecule has 1 aromatic carbocycles. The lowest BCUT2D eigenvalue weighted by Gasteiger charge is -2.36. The van der Waals surface area contributed by atoms with Crippen molar-refractivity contribution in [2.24, 2.45) is 0 Å². The van der Waals surface area contributed by atoms with Crippen LogP contribution in [0.4, 0.5) is 0 Å². The summed E-state index contributed by atoms with van der Waals surface area (Å²) in [6, 6.07) is 9.52. The van der Waals surface area contributed by atoms with Crippen molar-refractivity contribution in [3.05, 3.63) is 35.9 Å². The number of hydrogen-bond acceptors (Lipinski definition) is 2. The highest BCUT2D eigenvalue weighted by atomic mass is 127. The largest absolute Gasteiger partial charge is 1.00 e. The van der Waals surface area contributed by atoms with Gasteiger partial charge in [-0.25, -0.2) is 0 Å². The summed E-state index contributed by atoms with van der Waals surface area (Å²) in [4.78, 5) is 12.1. The van der Waals surface area contributed by atoms with Gasteiger partial charge in [0, 0.05) is 5.56 Å². The van der Waals surface area contributed by atoms with E-state index in [0.29, 0.717) is 6.54 Å². The molecule has 0 aliphatic carbocycles. The van der Waals surface area contributed by atoms with Gasteiger partial charge < -0.3 is 33.2 Å². The molecule has 0 atom stereocenters. The molecule has 0 spiro atoms. The second kappa shape index (κ2) is 6.47. The van der Waals surface area contributed by atoms with Crippen LogP contribution in [0.15, 0.2) is 30.3 Å². The standard InChI is InChI=1S/C13H18NO2.HI/c1-14(7-9-16-10-8-14)11-13(15)12-5-3-2-4-6-12;/h2-6H,7-11H2,1H3;1H/q+1;/p-1. The molecule has 0 bridgehead atoms. The number of ether oxygens (including phenoxy) is 1. The molecule has 1 aromatic rings. The van der Waals surface area contributed by atoms with Gasteiger partial charge in [-0.2, -0.15) is 0 Å². The van der Waals surface area contributed by atoms with E-state index in [0.717, 1.165) is 36.3 Å². The molecule has 94 valence electrons.